The molecule has 0 fully saturated rings. The average Bonchev–Trinajstić information content (AvgIpc) is 2.80. The maximum Gasteiger partial charge on any atom is 0.330 e. The third-order valence-corrected chi connectivity index (χ3v) is 4.84. The van der Waals surface area contributed by atoms with Gasteiger partial charge in [-0.25, -0.2) is 14.6 Å². The van der Waals surface area contributed by atoms with Crippen LogP contribution in [-0.2, 0) is 9.53 Å². The monoisotopic (exact) mass is 423 g/mol. The predicted molar refractivity (Wildman–Crippen MR) is 126 cm³/mol. The number of benzene rings is 1. The average molecular weight is 424 g/mol. The molecule has 31 heavy (non-hydrogen) atoms. The quantitative estimate of drug-likeness (QED) is 0.297. The second-order valence-corrected chi connectivity index (χ2v) is 7.29. The number of hydrogen-bond donors (Lipinski definition) is 1. The molecule has 2 aromatic rings. The van der Waals surface area contributed by atoms with Gasteiger partial charge in [0.05, 0.1) is 12.3 Å². The molecule has 0 spiro atoms. The summed E-state index contributed by atoms with van der Waals surface area (Å²) in [4.78, 5) is 30.0. The lowest BCUT2D eigenvalue weighted by Crippen LogP contribution is -2.38. The van der Waals surface area contributed by atoms with Gasteiger partial charge in [0.1, 0.15) is 5.82 Å². The Bertz CT molecular complexity index is 863. The summed E-state index contributed by atoms with van der Waals surface area (Å²) in [6, 6.07) is 13.2. The molecule has 0 aliphatic carbocycles. The summed E-state index contributed by atoms with van der Waals surface area (Å²) in [6.07, 6.45) is 8.92. The van der Waals surface area contributed by atoms with Crippen LogP contribution in [-0.4, -0.2) is 37.2 Å². The van der Waals surface area contributed by atoms with Gasteiger partial charge >= 0.3 is 12.0 Å². The van der Waals surface area contributed by atoms with E-state index in [0.29, 0.717) is 19.0 Å². The number of carbonyl (C=O) groups excluding carboxylic acids is 2. The normalized spacial score (nSPS) is 10.8. The summed E-state index contributed by atoms with van der Waals surface area (Å²) in [6.45, 7) is 5.00. The van der Waals surface area contributed by atoms with Crippen LogP contribution >= 0.6 is 0 Å². The summed E-state index contributed by atoms with van der Waals surface area (Å²) < 4.78 is 4.88. The standard InChI is InChI=1S/C25H33N3O3/c1-4-6-7-8-9-19-26-25(30)28(3)23-12-10-11-22(27-23)21-16-13-20(14-17-21)15-18-24(29)31-5-2/h10-18H,4-9,19H2,1-3H3,(H,26,30). The smallest absolute Gasteiger partial charge is 0.330 e. The SMILES string of the molecule is CCCCCCCNC(=O)N(C)c1cccc(-c2ccc(C=CC(=O)OCC)cc2)n1. The van der Waals surface area contributed by atoms with Crippen molar-refractivity contribution in [2.75, 3.05) is 25.1 Å². The molecule has 0 unspecified atom stereocenters. The molecular weight excluding hydrogens is 390 g/mol. The van der Waals surface area contributed by atoms with Gasteiger partial charge in [-0.3, -0.25) is 4.90 Å². The zero-order valence-corrected chi connectivity index (χ0v) is 18.8. The summed E-state index contributed by atoms with van der Waals surface area (Å²) in [5, 5.41) is 2.96. The zero-order valence-electron chi connectivity index (χ0n) is 18.8. The van der Waals surface area contributed by atoms with Crippen LogP contribution in [0.25, 0.3) is 17.3 Å². The Morgan fingerprint density at radius 2 is 1.77 bits per heavy atom. The first kappa shape index (κ1) is 24.1. The Balaban J connectivity index is 1.96. The van der Waals surface area contributed by atoms with Crippen LogP contribution in [0.4, 0.5) is 10.6 Å². The topological polar surface area (TPSA) is 71.5 Å². The summed E-state index contributed by atoms with van der Waals surface area (Å²) >= 11 is 0. The van der Waals surface area contributed by atoms with Crippen molar-refractivity contribution in [3.8, 4) is 11.3 Å². The number of aromatic nitrogens is 1. The Labute approximate surface area is 185 Å². The minimum Gasteiger partial charge on any atom is -0.463 e. The molecule has 1 heterocycles. The van der Waals surface area contributed by atoms with Crippen LogP contribution in [0.5, 0.6) is 0 Å². The number of anilines is 1. The molecule has 2 amide bonds. The van der Waals surface area contributed by atoms with Gasteiger partial charge in [0.25, 0.3) is 0 Å². The summed E-state index contributed by atoms with van der Waals surface area (Å²) in [7, 11) is 1.72. The molecule has 0 aliphatic heterocycles. The second-order valence-electron chi connectivity index (χ2n) is 7.29. The molecule has 1 aromatic heterocycles. The van der Waals surface area contributed by atoms with E-state index in [0.717, 1.165) is 29.7 Å². The Morgan fingerprint density at radius 3 is 2.48 bits per heavy atom. The summed E-state index contributed by atoms with van der Waals surface area (Å²) in [5.74, 6) is 0.232. The molecule has 166 valence electrons. The number of carbonyl (C=O) groups is 2. The Kier molecular flexibility index (Phi) is 10.3. The van der Waals surface area contributed by atoms with Crippen LogP contribution in [0.3, 0.4) is 0 Å². The first-order valence-electron chi connectivity index (χ1n) is 11.0. The van der Waals surface area contributed by atoms with E-state index < -0.39 is 0 Å². The Morgan fingerprint density at radius 1 is 1.03 bits per heavy atom. The number of amides is 2. The van der Waals surface area contributed by atoms with Gasteiger partial charge in [0.15, 0.2) is 0 Å². The number of ether oxygens (including phenoxy) is 1. The summed E-state index contributed by atoms with van der Waals surface area (Å²) in [5.41, 5.74) is 2.60. The fraction of sp³-hybridized carbons (Fsp3) is 0.400. The van der Waals surface area contributed by atoms with E-state index in [9.17, 15) is 9.59 Å². The number of unbranched alkanes of at least 4 members (excludes halogenated alkanes) is 4. The lowest BCUT2D eigenvalue weighted by atomic mass is 10.1. The van der Waals surface area contributed by atoms with E-state index in [4.69, 9.17) is 4.74 Å². The van der Waals surface area contributed by atoms with Gasteiger partial charge in [0.2, 0.25) is 0 Å². The maximum absolute atomic E-state index is 12.4. The van der Waals surface area contributed by atoms with Crippen LogP contribution in [0, 0.1) is 0 Å². The van der Waals surface area contributed by atoms with Gasteiger partial charge < -0.3 is 10.1 Å². The lowest BCUT2D eigenvalue weighted by molar-refractivity contribution is -0.137. The van der Waals surface area contributed by atoms with Crippen molar-refractivity contribution in [1.29, 1.82) is 0 Å². The van der Waals surface area contributed by atoms with Crippen molar-refractivity contribution < 1.29 is 14.3 Å². The molecule has 0 aliphatic rings. The number of nitrogens with zero attached hydrogens (tertiary/aromatic N) is 2. The third kappa shape index (κ3) is 8.24. The van der Waals surface area contributed by atoms with Crippen molar-refractivity contribution in [3.05, 3.63) is 54.1 Å². The number of rotatable bonds is 11. The number of esters is 1. The first-order chi connectivity index (χ1) is 15.0. The van der Waals surface area contributed by atoms with Gasteiger partial charge in [-0.2, -0.15) is 0 Å². The second kappa shape index (κ2) is 13.2. The minimum atomic E-state index is -0.358. The maximum atomic E-state index is 12.4. The number of urea groups is 1. The minimum absolute atomic E-state index is 0.153. The van der Waals surface area contributed by atoms with E-state index in [1.54, 1.807) is 20.0 Å². The molecule has 0 bridgehead atoms. The van der Waals surface area contributed by atoms with E-state index in [1.807, 2.05) is 42.5 Å². The third-order valence-electron chi connectivity index (χ3n) is 4.84. The van der Waals surface area contributed by atoms with Gasteiger partial charge in [-0.05, 0) is 37.1 Å². The fourth-order valence-corrected chi connectivity index (χ4v) is 3.04. The van der Waals surface area contributed by atoms with E-state index in [1.165, 1.54) is 30.2 Å². The molecule has 6 nitrogen and oxygen atoms in total. The molecule has 0 atom stereocenters. The van der Waals surface area contributed by atoms with E-state index in [2.05, 4.69) is 17.2 Å². The van der Waals surface area contributed by atoms with Gasteiger partial charge in [-0.15, -0.1) is 0 Å². The molecule has 0 saturated carbocycles. The van der Waals surface area contributed by atoms with Crippen molar-refractivity contribution >= 4 is 23.9 Å². The molecule has 6 heteroatoms. The van der Waals surface area contributed by atoms with Crippen LogP contribution in [0.15, 0.2) is 48.5 Å². The first-order valence-corrected chi connectivity index (χ1v) is 11.0. The highest BCUT2D eigenvalue weighted by Crippen LogP contribution is 2.21. The predicted octanol–water partition coefficient (Wildman–Crippen LogP) is 5.44. The number of pyridine rings is 1. The lowest BCUT2D eigenvalue weighted by Gasteiger charge is -2.18. The molecular formula is C25H33N3O3. The van der Waals surface area contributed by atoms with Crippen LogP contribution in [0.1, 0.15) is 51.5 Å². The highest BCUT2D eigenvalue weighted by atomic mass is 16.5. The molecule has 0 saturated heterocycles. The molecule has 1 N–H and O–H groups in total. The number of nitrogens with one attached hydrogen (secondary N) is 1. The number of hydrogen-bond acceptors (Lipinski definition) is 4. The Hall–Kier alpha value is -3.15. The molecule has 0 radical (unpaired) electrons. The van der Waals surface area contributed by atoms with Crippen molar-refractivity contribution in [2.45, 2.75) is 46.0 Å². The largest absolute Gasteiger partial charge is 0.463 e. The molecule has 2 rings (SSSR count). The van der Waals surface area contributed by atoms with Crippen molar-refractivity contribution in [3.63, 3.8) is 0 Å². The molecule has 1 aromatic carbocycles. The highest BCUT2D eigenvalue weighted by molar-refractivity contribution is 5.90. The van der Waals surface area contributed by atoms with Crippen molar-refractivity contribution in [1.82, 2.24) is 10.3 Å². The van der Waals surface area contributed by atoms with Crippen LogP contribution in [0.2, 0.25) is 0 Å². The van der Waals surface area contributed by atoms with E-state index in [-0.39, 0.29) is 12.0 Å². The van der Waals surface area contributed by atoms with Crippen molar-refractivity contribution in [2.24, 2.45) is 0 Å². The van der Waals surface area contributed by atoms with Gasteiger partial charge in [0, 0.05) is 25.2 Å². The zero-order chi connectivity index (χ0) is 22.5. The fourth-order valence-electron chi connectivity index (χ4n) is 3.04. The van der Waals surface area contributed by atoms with Crippen LogP contribution < -0.4 is 10.2 Å². The highest BCUT2D eigenvalue weighted by Gasteiger charge is 2.12. The van der Waals surface area contributed by atoms with E-state index >= 15 is 0 Å². The van der Waals surface area contributed by atoms with Gasteiger partial charge in [-0.1, -0.05) is 62.9 Å².